The fraction of sp³-hybridized carbons (Fsp3) is 0.0952. The van der Waals surface area contributed by atoms with Gasteiger partial charge in [0.05, 0.1) is 5.70 Å². The number of carbonyl (C=O) groups excluding carboxylic acids is 1. The van der Waals surface area contributed by atoms with Crippen molar-refractivity contribution in [2.24, 2.45) is 0 Å². The number of nitrogens with one attached hydrogen (secondary N) is 2. The summed E-state index contributed by atoms with van der Waals surface area (Å²) < 4.78 is 27.0. The number of fused-ring (bicyclic) bond motifs is 1. The average molecular weight is 365 g/mol. The number of nitrogens with zero attached hydrogens (tertiary/aromatic N) is 1. The molecule has 136 valence electrons. The Kier molecular flexibility index (Phi) is 4.46. The molecule has 2 N–H and O–H groups in total. The number of carbonyl (C=O) groups is 1. The predicted octanol–water partition coefficient (Wildman–Crippen LogP) is 3.48. The van der Waals surface area contributed by atoms with E-state index in [2.05, 4.69) is 10.6 Å². The van der Waals surface area contributed by atoms with Gasteiger partial charge in [0.25, 0.3) is 5.91 Å². The van der Waals surface area contributed by atoms with Gasteiger partial charge in [0.15, 0.2) is 0 Å². The van der Waals surface area contributed by atoms with Crippen LogP contribution in [-0.2, 0) is 11.3 Å². The van der Waals surface area contributed by atoms with E-state index in [1.165, 1.54) is 18.2 Å². The summed E-state index contributed by atoms with van der Waals surface area (Å²) in [5.41, 5.74) is 2.34. The first-order valence-electron chi connectivity index (χ1n) is 8.54. The first-order valence-corrected chi connectivity index (χ1v) is 8.54. The molecule has 0 radical (unpaired) electrons. The van der Waals surface area contributed by atoms with Crippen LogP contribution in [0.4, 0.5) is 8.78 Å². The third kappa shape index (κ3) is 3.33. The maximum absolute atomic E-state index is 13.8. The number of hydrogen-bond acceptors (Lipinski definition) is 3. The lowest BCUT2D eigenvalue weighted by molar-refractivity contribution is -0.118. The van der Waals surface area contributed by atoms with Gasteiger partial charge < -0.3 is 15.5 Å². The monoisotopic (exact) mass is 365 g/mol. The minimum absolute atomic E-state index is 0.0880. The lowest BCUT2D eigenvalue weighted by Gasteiger charge is -2.26. The van der Waals surface area contributed by atoms with Gasteiger partial charge in [0.2, 0.25) is 0 Å². The van der Waals surface area contributed by atoms with E-state index in [9.17, 15) is 13.6 Å². The molecule has 2 aliphatic heterocycles. The lowest BCUT2D eigenvalue weighted by Crippen LogP contribution is -2.32. The molecule has 0 fully saturated rings. The van der Waals surface area contributed by atoms with Crippen molar-refractivity contribution in [2.45, 2.75) is 12.7 Å². The van der Waals surface area contributed by atoms with Crippen LogP contribution in [0.1, 0.15) is 17.3 Å². The van der Waals surface area contributed by atoms with E-state index in [0.29, 0.717) is 17.0 Å². The highest BCUT2D eigenvalue weighted by Crippen LogP contribution is 2.33. The minimum atomic E-state index is -0.360. The van der Waals surface area contributed by atoms with E-state index in [1.807, 2.05) is 29.3 Å². The summed E-state index contributed by atoms with van der Waals surface area (Å²) in [6, 6.07) is 12.4. The first kappa shape index (κ1) is 17.0. The molecule has 27 heavy (non-hydrogen) atoms. The van der Waals surface area contributed by atoms with Gasteiger partial charge in [-0.05, 0) is 35.9 Å². The molecule has 4 rings (SSSR count). The molecule has 2 aromatic carbocycles. The van der Waals surface area contributed by atoms with Gasteiger partial charge in [-0.3, -0.25) is 4.79 Å². The summed E-state index contributed by atoms with van der Waals surface area (Å²) in [5, 5.41) is 5.95. The molecule has 2 aromatic rings. The fourth-order valence-electron chi connectivity index (χ4n) is 3.15. The van der Waals surface area contributed by atoms with Crippen LogP contribution in [0.15, 0.2) is 84.4 Å². The molecule has 1 unspecified atom stereocenters. The van der Waals surface area contributed by atoms with E-state index < -0.39 is 0 Å². The summed E-state index contributed by atoms with van der Waals surface area (Å²) in [7, 11) is 0. The number of amides is 1. The molecule has 6 heteroatoms. The van der Waals surface area contributed by atoms with Crippen LogP contribution >= 0.6 is 0 Å². The fourth-order valence-corrected chi connectivity index (χ4v) is 3.15. The number of halogens is 2. The molecule has 0 saturated carbocycles. The highest BCUT2D eigenvalue weighted by Gasteiger charge is 2.33. The van der Waals surface area contributed by atoms with Crippen LogP contribution in [0.5, 0.6) is 0 Å². The summed E-state index contributed by atoms with van der Waals surface area (Å²) in [4.78, 5) is 14.6. The van der Waals surface area contributed by atoms with Crippen molar-refractivity contribution in [1.29, 1.82) is 0 Å². The standard InChI is InChI=1S/C21H17F2N3O/c22-16-10-8-14(9-11-16)20-25-19(18-7-3-4-12-26(18)20)21(27)24-13-15-5-1-2-6-17(15)23/h1-12,20,25H,13H2,(H,24,27). The highest BCUT2D eigenvalue weighted by atomic mass is 19.1. The van der Waals surface area contributed by atoms with Crippen LogP contribution < -0.4 is 10.6 Å². The summed E-state index contributed by atoms with van der Waals surface area (Å²) in [6.07, 6.45) is 7.06. The third-order valence-electron chi connectivity index (χ3n) is 4.52. The van der Waals surface area contributed by atoms with Gasteiger partial charge in [0, 0.05) is 18.3 Å². The number of benzene rings is 2. The second-order valence-corrected chi connectivity index (χ2v) is 6.24. The van der Waals surface area contributed by atoms with Crippen LogP contribution in [0.25, 0.3) is 0 Å². The molecule has 2 aliphatic rings. The average Bonchev–Trinajstić information content (AvgIpc) is 3.08. The van der Waals surface area contributed by atoms with E-state index in [0.717, 1.165) is 5.56 Å². The maximum Gasteiger partial charge on any atom is 0.269 e. The zero-order chi connectivity index (χ0) is 18.8. The number of rotatable bonds is 4. The van der Waals surface area contributed by atoms with E-state index in [1.54, 1.807) is 30.3 Å². The SMILES string of the molecule is O=C(NCc1ccccc1F)C1=C2C=CC=CN2C(c2ccc(F)cc2)N1. The Bertz CT molecular complexity index is 964. The first-order chi connectivity index (χ1) is 13.1. The molecule has 0 spiro atoms. The molecule has 0 saturated heterocycles. The van der Waals surface area contributed by atoms with Crippen molar-refractivity contribution in [1.82, 2.24) is 15.5 Å². The molecule has 0 bridgehead atoms. The summed E-state index contributed by atoms with van der Waals surface area (Å²) >= 11 is 0. The number of allylic oxidation sites excluding steroid dienone is 3. The molecule has 4 nitrogen and oxygen atoms in total. The molecule has 0 aromatic heterocycles. The van der Waals surface area contributed by atoms with Crippen LogP contribution in [-0.4, -0.2) is 10.8 Å². The second kappa shape index (κ2) is 7.07. The third-order valence-corrected chi connectivity index (χ3v) is 4.52. The summed E-state index contributed by atoms with van der Waals surface area (Å²) in [5.74, 6) is -1.01. The van der Waals surface area contributed by atoms with Gasteiger partial charge in [-0.15, -0.1) is 0 Å². The Hall–Kier alpha value is -3.41. The van der Waals surface area contributed by atoms with Gasteiger partial charge in [-0.2, -0.15) is 0 Å². The Morgan fingerprint density at radius 2 is 1.85 bits per heavy atom. The van der Waals surface area contributed by atoms with Crippen molar-refractivity contribution in [2.75, 3.05) is 0 Å². The quantitative estimate of drug-likeness (QED) is 0.872. The topological polar surface area (TPSA) is 44.4 Å². The molecule has 2 heterocycles. The molecule has 1 amide bonds. The van der Waals surface area contributed by atoms with E-state index in [-0.39, 0.29) is 30.3 Å². The predicted molar refractivity (Wildman–Crippen MR) is 97.7 cm³/mol. The summed E-state index contributed by atoms with van der Waals surface area (Å²) in [6.45, 7) is 0.0880. The zero-order valence-electron chi connectivity index (χ0n) is 14.3. The van der Waals surface area contributed by atoms with Crippen molar-refractivity contribution in [3.63, 3.8) is 0 Å². The van der Waals surface area contributed by atoms with Gasteiger partial charge >= 0.3 is 0 Å². The van der Waals surface area contributed by atoms with Crippen molar-refractivity contribution >= 4 is 5.91 Å². The largest absolute Gasteiger partial charge is 0.355 e. The minimum Gasteiger partial charge on any atom is -0.355 e. The smallest absolute Gasteiger partial charge is 0.269 e. The van der Waals surface area contributed by atoms with Gasteiger partial charge in [-0.25, -0.2) is 8.78 Å². The number of hydrogen-bond donors (Lipinski definition) is 2. The Morgan fingerprint density at radius 1 is 1.07 bits per heavy atom. The molecule has 1 atom stereocenters. The van der Waals surface area contributed by atoms with Gasteiger partial charge in [-0.1, -0.05) is 36.4 Å². The molecule has 0 aliphatic carbocycles. The van der Waals surface area contributed by atoms with E-state index in [4.69, 9.17) is 0 Å². The molecular formula is C21H17F2N3O. The lowest BCUT2D eigenvalue weighted by atomic mass is 10.1. The maximum atomic E-state index is 13.8. The van der Waals surface area contributed by atoms with Crippen molar-refractivity contribution in [3.05, 3.63) is 107 Å². The Labute approximate surface area is 155 Å². The van der Waals surface area contributed by atoms with E-state index >= 15 is 0 Å². The molecular weight excluding hydrogens is 348 g/mol. The Balaban J connectivity index is 1.55. The zero-order valence-corrected chi connectivity index (χ0v) is 14.3. The van der Waals surface area contributed by atoms with Crippen molar-refractivity contribution in [3.8, 4) is 0 Å². The second-order valence-electron chi connectivity index (χ2n) is 6.24. The highest BCUT2D eigenvalue weighted by molar-refractivity contribution is 5.94. The normalized spacial score (nSPS) is 17.7. The van der Waals surface area contributed by atoms with Crippen molar-refractivity contribution < 1.29 is 13.6 Å². The van der Waals surface area contributed by atoms with Gasteiger partial charge in [0.1, 0.15) is 23.5 Å². The van der Waals surface area contributed by atoms with Crippen LogP contribution in [0.3, 0.4) is 0 Å². The van der Waals surface area contributed by atoms with Crippen LogP contribution in [0.2, 0.25) is 0 Å². The van der Waals surface area contributed by atoms with Crippen LogP contribution in [0, 0.1) is 11.6 Å². The Morgan fingerprint density at radius 3 is 2.63 bits per heavy atom.